The molecule has 0 unspecified atom stereocenters. The first-order valence-corrected chi connectivity index (χ1v) is 12.1. The summed E-state index contributed by atoms with van der Waals surface area (Å²) in [5, 5.41) is 3.62. The van der Waals surface area contributed by atoms with Crippen LogP contribution in [-0.2, 0) is 26.0 Å². The Hall–Kier alpha value is -1.79. The van der Waals surface area contributed by atoms with Crippen LogP contribution >= 0.6 is 11.6 Å². The Kier molecular flexibility index (Phi) is 5.41. The van der Waals surface area contributed by atoms with Gasteiger partial charge in [-0.3, -0.25) is 9.40 Å². The molecule has 0 spiro atoms. The van der Waals surface area contributed by atoms with Crippen LogP contribution in [-0.4, -0.2) is 38.1 Å². The van der Waals surface area contributed by atoms with Gasteiger partial charge in [0, 0.05) is 5.69 Å². The molecule has 13 heteroatoms. The lowest BCUT2D eigenvalue weighted by Gasteiger charge is -2.14. The van der Waals surface area contributed by atoms with E-state index >= 15 is 0 Å². The Morgan fingerprint density at radius 1 is 1.28 bits per heavy atom. The highest BCUT2D eigenvalue weighted by atomic mass is 35.5. The zero-order valence-corrected chi connectivity index (χ0v) is 17.7. The fourth-order valence-corrected chi connectivity index (χ4v) is 6.74. The van der Waals surface area contributed by atoms with Crippen LogP contribution in [0.5, 0.6) is 0 Å². The second-order valence-electron chi connectivity index (χ2n) is 6.80. The number of halogens is 4. The molecular weight excluding hydrogens is 455 g/mol. The second-order valence-corrected chi connectivity index (χ2v) is 11.1. The highest BCUT2D eigenvalue weighted by molar-refractivity contribution is 7.92. The van der Waals surface area contributed by atoms with Crippen molar-refractivity contribution >= 4 is 37.1 Å². The van der Waals surface area contributed by atoms with Crippen molar-refractivity contribution in [3.05, 3.63) is 40.2 Å². The van der Waals surface area contributed by atoms with Gasteiger partial charge in [-0.2, -0.15) is 18.3 Å². The number of nitrogens with one attached hydrogen (secondary N) is 1. The van der Waals surface area contributed by atoms with E-state index < -0.39 is 42.7 Å². The Balaban J connectivity index is 1.97. The van der Waals surface area contributed by atoms with E-state index in [1.54, 1.807) is 0 Å². The minimum atomic E-state index is -4.75. The van der Waals surface area contributed by atoms with Gasteiger partial charge in [0.2, 0.25) is 0 Å². The number of aryl methyl sites for hydroxylation is 1. The Labute approximate surface area is 170 Å². The van der Waals surface area contributed by atoms with E-state index in [1.165, 1.54) is 18.5 Å². The summed E-state index contributed by atoms with van der Waals surface area (Å²) in [6.45, 7) is 2.91. The molecule has 3 rings (SSSR count). The summed E-state index contributed by atoms with van der Waals surface area (Å²) in [6, 6.07) is 2.19. The molecule has 1 aliphatic heterocycles. The SMILES string of the molecule is Cc1nn([C@H]2CCS(=O)(=O)C2)c(C)c1S(=O)(=O)Nc1ccc(Cl)c(C(F)(F)F)c1. The van der Waals surface area contributed by atoms with Crippen molar-refractivity contribution < 1.29 is 30.0 Å². The second kappa shape index (κ2) is 7.17. The summed E-state index contributed by atoms with van der Waals surface area (Å²) in [4.78, 5) is -0.203. The molecule has 0 amide bonds. The van der Waals surface area contributed by atoms with Crippen LogP contribution in [0.3, 0.4) is 0 Å². The lowest BCUT2D eigenvalue weighted by Crippen LogP contribution is -2.17. The number of aromatic nitrogens is 2. The van der Waals surface area contributed by atoms with Crippen LogP contribution in [0.15, 0.2) is 23.1 Å². The summed E-state index contributed by atoms with van der Waals surface area (Å²) in [5.41, 5.74) is -1.15. The molecule has 1 aromatic heterocycles. The van der Waals surface area contributed by atoms with Crippen molar-refractivity contribution in [1.82, 2.24) is 9.78 Å². The van der Waals surface area contributed by atoms with E-state index in [1.807, 2.05) is 0 Å². The number of sulfone groups is 1. The van der Waals surface area contributed by atoms with Gasteiger partial charge in [0.25, 0.3) is 10.0 Å². The van der Waals surface area contributed by atoms with E-state index in [0.717, 1.165) is 12.1 Å². The predicted molar refractivity (Wildman–Crippen MR) is 101 cm³/mol. The first-order valence-electron chi connectivity index (χ1n) is 8.37. The molecule has 1 fully saturated rings. The molecule has 2 aromatic rings. The Morgan fingerprint density at radius 2 is 1.93 bits per heavy atom. The quantitative estimate of drug-likeness (QED) is 0.737. The van der Waals surface area contributed by atoms with Gasteiger partial charge in [-0.25, -0.2) is 16.8 Å². The highest BCUT2D eigenvalue weighted by Gasteiger charge is 2.35. The fourth-order valence-electron chi connectivity index (χ4n) is 3.37. The third-order valence-electron chi connectivity index (χ3n) is 4.61. The molecule has 0 aliphatic carbocycles. The molecule has 160 valence electrons. The maximum Gasteiger partial charge on any atom is 0.417 e. The number of benzene rings is 1. The van der Waals surface area contributed by atoms with Gasteiger partial charge in [-0.15, -0.1) is 0 Å². The van der Waals surface area contributed by atoms with E-state index in [4.69, 9.17) is 11.6 Å². The lowest BCUT2D eigenvalue weighted by molar-refractivity contribution is -0.137. The third-order valence-corrected chi connectivity index (χ3v) is 8.32. The number of rotatable bonds is 4. The molecule has 0 bridgehead atoms. The molecule has 29 heavy (non-hydrogen) atoms. The Morgan fingerprint density at radius 3 is 2.48 bits per heavy atom. The number of anilines is 1. The standard InChI is InChI=1S/C16H17ClF3N3O4S2/c1-9-15(10(2)23(21-9)12-5-6-28(24,25)8-12)29(26,27)22-11-3-4-14(17)13(7-11)16(18,19)20/h3-4,7,12,22H,5-6,8H2,1-2H3/t12-/m0/s1. The molecular formula is C16H17ClF3N3O4S2. The zero-order valence-electron chi connectivity index (χ0n) is 15.3. The van der Waals surface area contributed by atoms with E-state index in [2.05, 4.69) is 9.82 Å². The lowest BCUT2D eigenvalue weighted by atomic mass is 10.2. The molecule has 0 saturated carbocycles. The smallest absolute Gasteiger partial charge is 0.280 e. The van der Waals surface area contributed by atoms with Gasteiger partial charge in [-0.05, 0) is 38.5 Å². The van der Waals surface area contributed by atoms with Gasteiger partial charge in [-0.1, -0.05) is 11.6 Å². The topological polar surface area (TPSA) is 98.1 Å². The van der Waals surface area contributed by atoms with Gasteiger partial charge >= 0.3 is 6.18 Å². The zero-order chi connectivity index (χ0) is 21.8. The van der Waals surface area contributed by atoms with Crippen LogP contribution in [0.25, 0.3) is 0 Å². The van der Waals surface area contributed by atoms with Crippen molar-refractivity contribution in [2.24, 2.45) is 0 Å². The normalized spacial score (nSPS) is 19.4. The van der Waals surface area contributed by atoms with Gasteiger partial charge < -0.3 is 0 Å². The first-order chi connectivity index (χ1) is 13.2. The minimum Gasteiger partial charge on any atom is -0.280 e. The summed E-state index contributed by atoms with van der Waals surface area (Å²) in [6.07, 6.45) is -4.44. The minimum absolute atomic E-state index is 0.0126. The van der Waals surface area contributed by atoms with E-state index in [9.17, 15) is 30.0 Å². The summed E-state index contributed by atoms with van der Waals surface area (Å²) < 4.78 is 91.7. The molecule has 1 atom stereocenters. The van der Waals surface area contributed by atoms with Gasteiger partial charge in [0.05, 0.1) is 39.5 Å². The van der Waals surface area contributed by atoms with Crippen LogP contribution in [0.1, 0.15) is 29.4 Å². The predicted octanol–water partition coefficient (Wildman–Crippen LogP) is 3.33. The number of hydrogen-bond donors (Lipinski definition) is 1. The number of alkyl halides is 3. The highest BCUT2D eigenvalue weighted by Crippen LogP contribution is 2.37. The third kappa shape index (κ3) is 4.38. The van der Waals surface area contributed by atoms with Crippen LogP contribution in [0.2, 0.25) is 5.02 Å². The van der Waals surface area contributed by atoms with Crippen molar-refractivity contribution in [2.45, 2.75) is 37.4 Å². The average Bonchev–Trinajstić information content (AvgIpc) is 3.07. The monoisotopic (exact) mass is 471 g/mol. The van der Waals surface area contributed by atoms with E-state index in [-0.39, 0.29) is 33.5 Å². The van der Waals surface area contributed by atoms with Crippen LogP contribution in [0.4, 0.5) is 18.9 Å². The number of hydrogen-bond acceptors (Lipinski definition) is 5. The van der Waals surface area contributed by atoms with Crippen molar-refractivity contribution in [3.63, 3.8) is 0 Å². The van der Waals surface area contributed by atoms with Crippen molar-refractivity contribution in [1.29, 1.82) is 0 Å². The van der Waals surface area contributed by atoms with Crippen LogP contribution < -0.4 is 4.72 Å². The maximum absolute atomic E-state index is 13.0. The van der Waals surface area contributed by atoms with Crippen molar-refractivity contribution in [3.8, 4) is 0 Å². The average molecular weight is 472 g/mol. The van der Waals surface area contributed by atoms with Gasteiger partial charge in [0.15, 0.2) is 9.84 Å². The largest absolute Gasteiger partial charge is 0.417 e. The number of nitrogens with zero attached hydrogens (tertiary/aromatic N) is 2. The van der Waals surface area contributed by atoms with Crippen molar-refractivity contribution in [2.75, 3.05) is 16.2 Å². The summed E-state index contributed by atoms with van der Waals surface area (Å²) >= 11 is 5.56. The molecule has 1 aliphatic rings. The first kappa shape index (κ1) is 21.9. The molecule has 1 aromatic carbocycles. The molecule has 0 radical (unpaired) electrons. The van der Waals surface area contributed by atoms with Gasteiger partial charge in [0.1, 0.15) is 4.90 Å². The molecule has 1 N–H and O–H groups in total. The fraction of sp³-hybridized carbons (Fsp3) is 0.438. The Bertz CT molecular complexity index is 1170. The molecule has 1 saturated heterocycles. The van der Waals surface area contributed by atoms with E-state index in [0.29, 0.717) is 12.5 Å². The maximum atomic E-state index is 13.0. The summed E-state index contributed by atoms with van der Waals surface area (Å²) in [7, 11) is -7.50. The summed E-state index contributed by atoms with van der Waals surface area (Å²) in [5.74, 6) is -0.157. The molecule has 7 nitrogen and oxygen atoms in total. The number of sulfonamides is 1. The molecule has 2 heterocycles. The van der Waals surface area contributed by atoms with Crippen LogP contribution in [0, 0.1) is 13.8 Å².